The second-order valence-electron chi connectivity index (χ2n) is 6.58. The Hall–Kier alpha value is -1.95. The summed E-state index contributed by atoms with van der Waals surface area (Å²) in [5.41, 5.74) is 3.25. The summed E-state index contributed by atoms with van der Waals surface area (Å²) in [6, 6.07) is 8.87. The van der Waals surface area contributed by atoms with Crippen LogP contribution in [0.1, 0.15) is 37.8 Å². The van der Waals surface area contributed by atoms with E-state index in [-0.39, 0.29) is 12.5 Å². The van der Waals surface area contributed by atoms with Crippen molar-refractivity contribution in [2.24, 2.45) is 4.99 Å². The van der Waals surface area contributed by atoms with E-state index in [9.17, 15) is 4.79 Å². The van der Waals surface area contributed by atoms with Crippen LogP contribution >= 0.6 is 11.8 Å². The monoisotopic (exact) mass is 343 g/mol. The summed E-state index contributed by atoms with van der Waals surface area (Å²) in [5.74, 6) is -0.0465. The smallest absolute Gasteiger partial charge is 0.305 e. The maximum Gasteiger partial charge on any atom is 0.305 e. The SMILES string of the molecule is O=C(O)C[C@H]1CSC(c2cc3cccc(NC4CCCC4)c3[nH]2)=N1. The number of carbonyl (C=O) groups is 1. The number of hydrogen-bond acceptors (Lipinski definition) is 4. The molecule has 1 fully saturated rings. The van der Waals surface area contributed by atoms with E-state index in [1.54, 1.807) is 11.8 Å². The number of fused-ring (bicyclic) bond motifs is 1. The van der Waals surface area contributed by atoms with Crippen molar-refractivity contribution in [3.8, 4) is 0 Å². The van der Waals surface area contributed by atoms with E-state index < -0.39 is 5.97 Å². The number of carboxylic acid groups (broad SMARTS) is 1. The van der Waals surface area contributed by atoms with Crippen LogP contribution in [0.15, 0.2) is 29.3 Å². The first-order chi connectivity index (χ1) is 11.7. The van der Waals surface area contributed by atoms with Gasteiger partial charge in [0.15, 0.2) is 0 Å². The molecule has 1 atom stereocenters. The minimum atomic E-state index is -0.787. The molecular formula is C18H21N3O2S. The highest BCUT2D eigenvalue weighted by Gasteiger charge is 2.23. The molecule has 0 saturated heterocycles. The third-order valence-electron chi connectivity index (χ3n) is 4.72. The number of benzene rings is 1. The number of nitrogens with zero attached hydrogens (tertiary/aromatic N) is 1. The highest BCUT2D eigenvalue weighted by atomic mass is 32.2. The first-order valence-corrected chi connectivity index (χ1v) is 9.48. The third kappa shape index (κ3) is 3.15. The summed E-state index contributed by atoms with van der Waals surface area (Å²) in [7, 11) is 0. The lowest BCUT2D eigenvalue weighted by Crippen LogP contribution is -2.14. The number of H-pyrrole nitrogens is 1. The topological polar surface area (TPSA) is 77.5 Å². The highest BCUT2D eigenvalue weighted by Crippen LogP contribution is 2.31. The fourth-order valence-electron chi connectivity index (χ4n) is 3.55. The minimum absolute atomic E-state index is 0.102. The first kappa shape index (κ1) is 15.6. The number of aliphatic imine (C=N–C) groups is 1. The van der Waals surface area contributed by atoms with Crippen molar-refractivity contribution in [1.82, 2.24) is 4.98 Å². The molecule has 1 aliphatic heterocycles. The molecule has 1 aliphatic carbocycles. The third-order valence-corrected chi connectivity index (χ3v) is 5.87. The number of thioether (sulfide) groups is 1. The van der Waals surface area contributed by atoms with E-state index in [2.05, 4.69) is 39.6 Å². The lowest BCUT2D eigenvalue weighted by Gasteiger charge is -2.14. The van der Waals surface area contributed by atoms with Crippen LogP contribution in [0.5, 0.6) is 0 Å². The maximum atomic E-state index is 10.9. The molecule has 0 unspecified atom stereocenters. The van der Waals surface area contributed by atoms with E-state index in [1.807, 2.05) is 0 Å². The van der Waals surface area contributed by atoms with Gasteiger partial charge in [-0.15, -0.1) is 11.8 Å². The lowest BCUT2D eigenvalue weighted by molar-refractivity contribution is -0.137. The van der Waals surface area contributed by atoms with Crippen molar-refractivity contribution in [3.05, 3.63) is 30.0 Å². The average molecular weight is 343 g/mol. The van der Waals surface area contributed by atoms with Crippen molar-refractivity contribution >= 4 is 39.4 Å². The Bertz CT molecular complexity index is 793. The molecule has 0 amide bonds. The number of aromatic amines is 1. The molecule has 0 bridgehead atoms. The summed E-state index contributed by atoms with van der Waals surface area (Å²) in [6.45, 7) is 0. The fraction of sp³-hybridized carbons (Fsp3) is 0.444. The Balaban J connectivity index is 1.60. The second-order valence-corrected chi connectivity index (χ2v) is 7.58. The van der Waals surface area contributed by atoms with E-state index in [4.69, 9.17) is 5.11 Å². The van der Waals surface area contributed by atoms with Crippen LogP contribution in [0.2, 0.25) is 0 Å². The van der Waals surface area contributed by atoms with Gasteiger partial charge < -0.3 is 15.4 Å². The molecule has 3 N–H and O–H groups in total. The highest BCUT2D eigenvalue weighted by molar-refractivity contribution is 8.14. The van der Waals surface area contributed by atoms with E-state index in [1.165, 1.54) is 25.7 Å². The molecule has 0 radical (unpaired) electrons. The Morgan fingerprint density at radius 2 is 2.21 bits per heavy atom. The predicted molar refractivity (Wildman–Crippen MR) is 99.2 cm³/mol. The molecule has 4 rings (SSSR count). The summed E-state index contributed by atoms with van der Waals surface area (Å²) in [6.07, 6.45) is 5.20. The van der Waals surface area contributed by atoms with Gasteiger partial charge in [0.25, 0.3) is 0 Å². The summed E-state index contributed by atoms with van der Waals surface area (Å²) in [5, 5.41) is 14.7. The van der Waals surface area contributed by atoms with Gasteiger partial charge in [-0.3, -0.25) is 9.79 Å². The van der Waals surface area contributed by atoms with Gasteiger partial charge in [0.05, 0.1) is 29.4 Å². The normalized spacial score (nSPS) is 21.3. The lowest BCUT2D eigenvalue weighted by atomic mass is 10.2. The number of anilines is 1. The molecule has 2 heterocycles. The first-order valence-electron chi connectivity index (χ1n) is 8.50. The van der Waals surface area contributed by atoms with Crippen LogP contribution < -0.4 is 5.32 Å². The van der Waals surface area contributed by atoms with Crippen molar-refractivity contribution in [2.75, 3.05) is 11.1 Å². The van der Waals surface area contributed by atoms with Gasteiger partial charge in [0.2, 0.25) is 0 Å². The predicted octanol–water partition coefficient (Wildman–Crippen LogP) is 3.86. The molecule has 126 valence electrons. The Kier molecular flexibility index (Phi) is 4.22. The maximum absolute atomic E-state index is 10.9. The average Bonchev–Trinajstić information content (AvgIpc) is 3.25. The van der Waals surface area contributed by atoms with Gasteiger partial charge in [-0.25, -0.2) is 0 Å². The Labute approximate surface area is 144 Å². The number of rotatable bonds is 5. The zero-order valence-corrected chi connectivity index (χ0v) is 14.2. The van der Waals surface area contributed by atoms with Crippen LogP contribution in [0, 0.1) is 0 Å². The number of aliphatic carboxylic acids is 1. The number of hydrogen-bond donors (Lipinski definition) is 3. The van der Waals surface area contributed by atoms with Crippen molar-refractivity contribution in [1.29, 1.82) is 0 Å². The largest absolute Gasteiger partial charge is 0.481 e. The van der Waals surface area contributed by atoms with E-state index in [0.29, 0.717) is 6.04 Å². The molecule has 5 nitrogen and oxygen atoms in total. The number of para-hydroxylation sites is 1. The molecular weight excluding hydrogens is 322 g/mol. The van der Waals surface area contributed by atoms with Crippen LogP contribution in [0.3, 0.4) is 0 Å². The number of carboxylic acids is 1. The van der Waals surface area contributed by atoms with Gasteiger partial charge >= 0.3 is 5.97 Å². The van der Waals surface area contributed by atoms with Gasteiger partial charge in [0.1, 0.15) is 5.04 Å². The van der Waals surface area contributed by atoms with Crippen molar-refractivity contribution in [3.63, 3.8) is 0 Å². The fourth-order valence-corrected chi connectivity index (χ4v) is 4.58. The molecule has 6 heteroatoms. The van der Waals surface area contributed by atoms with Gasteiger partial charge in [-0.2, -0.15) is 0 Å². The molecule has 1 aromatic carbocycles. The molecule has 1 saturated carbocycles. The van der Waals surface area contributed by atoms with Crippen LogP contribution in [-0.2, 0) is 4.79 Å². The molecule has 2 aliphatic rings. The standard InChI is InChI=1S/C18H21N3O2S/c22-16(23)9-13-10-24-18(20-13)15-8-11-4-3-7-14(17(11)21-15)19-12-5-1-2-6-12/h3-4,7-8,12-13,19,21H,1-2,5-6,9-10H2,(H,22,23)/t13-/m0/s1. The molecule has 1 aromatic heterocycles. The van der Waals surface area contributed by atoms with Gasteiger partial charge in [0, 0.05) is 17.2 Å². The van der Waals surface area contributed by atoms with Gasteiger partial charge in [-0.1, -0.05) is 25.0 Å². The molecule has 2 aromatic rings. The van der Waals surface area contributed by atoms with Crippen molar-refractivity contribution < 1.29 is 9.90 Å². The summed E-state index contributed by atoms with van der Waals surface area (Å²) >= 11 is 1.63. The zero-order chi connectivity index (χ0) is 16.5. The minimum Gasteiger partial charge on any atom is -0.481 e. The molecule has 0 spiro atoms. The Morgan fingerprint density at radius 1 is 1.38 bits per heavy atom. The Morgan fingerprint density at radius 3 is 3.00 bits per heavy atom. The molecule has 24 heavy (non-hydrogen) atoms. The van der Waals surface area contributed by atoms with Crippen LogP contribution in [0.25, 0.3) is 10.9 Å². The van der Waals surface area contributed by atoms with Crippen LogP contribution in [-0.4, -0.2) is 38.9 Å². The van der Waals surface area contributed by atoms with Crippen LogP contribution in [0.4, 0.5) is 5.69 Å². The number of nitrogens with one attached hydrogen (secondary N) is 2. The van der Waals surface area contributed by atoms with Gasteiger partial charge in [-0.05, 0) is 25.0 Å². The summed E-state index contributed by atoms with van der Waals surface area (Å²) in [4.78, 5) is 18.9. The summed E-state index contributed by atoms with van der Waals surface area (Å²) < 4.78 is 0. The second kappa shape index (κ2) is 6.51. The van der Waals surface area contributed by atoms with Crippen molar-refractivity contribution in [2.45, 2.75) is 44.2 Å². The van der Waals surface area contributed by atoms with E-state index >= 15 is 0 Å². The number of aromatic nitrogens is 1. The van der Waals surface area contributed by atoms with E-state index in [0.717, 1.165) is 33.1 Å². The zero-order valence-electron chi connectivity index (χ0n) is 13.4. The quantitative estimate of drug-likeness (QED) is 0.770.